The first kappa shape index (κ1) is 22.0. The third-order valence-corrected chi connectivity index (χ3v) is 7.10. The van der Waals surface area contributed by atoms with E-state index in [4.69, 9.17) is 15.7 Å². The highest BCUT2D eigenvalue weighted by Crippen LogP contribution is 2.28. The molecule has 0 radical (unpaired) electrons. The molecule has 5 rings (SSSR count). The Balaban J connectivity index is 1.46. The number of para-hydroxylation sites is 1. The Morgan fingerprint density at radius 1 is 1.06 bits per heavy atom. The first-order valence-electron chi connectivity index (χ1n) is 10.4. The largest absolute Gasteiger partial charge is 0.366 e. The number of thioether (sulfide) groups is 1. The predicted molar refractivity (Wildman–Crippen MR) is 136 cm³/mol. The number of primary amides is 1. The van der Waals surface area contributed by atoms with Gasteiger partial charge in [0.15, 0.2) is 5.16 Å². The topological polar surface area (TPSA) is 104 Å². The number of carbonyl (C=O) groups is 1. The summed E-state index contributed by atoms with van der Waals surface area (Å²) in [5.41, 5.74) is 9.06. The molecule has 2 N–H and O–H groups in total. The highest BCUT2D eigenvalue weighted by atomic mass is 32.2. The van der Waals surface area contributed by atoms with Gasteiger partial charge in [-0.1, -0.05) is 42.1 Å². The van der Waals surface area contributed by atoms with Gasteiger partial charge in [0.2, 0.25) is 5.91 Å². The first-order valence-corrected chi connectivity index (χ1v) is 12.3. The van der Waals surface area contributed by atoms with Crippen molar-refractivity contribution in [3.8, 4) is 16.4 Å². The number of aromatic nitrogens is 4. The van der Waals surface area contributed by atoms with E-state index in [0.717, 1.165) is 21.8 Å². The zero-order chi connectivity index (χ0) is 23.7. The van der Waals surface area contributed by atoms with Crippen LogP contribution in [0.3, 0.4) is 0 Å². The van der Waals surface area contributed by atoms with Gasteiger partial charge in [-0.25, -0.2) is 19.5 Å². The van der Waals surface area contributed by atoms with Crippen molar-refractivity contribution in [2.24, 2.45) is 5.73 Å². The number of aryl methyl sites for hydroxylation is 1. The van der Waals surface area contributed by atoms with Gasteiger partial charge in [-0.3, -0.25) is 9.59 Å². The first-order chi connectivity index (χ1) is 16.5. The second-order valence-corrected chi connectivity index (χ2v) is 9.42. The van der Waals surface area contributed by atoms with Crippen LogP contribution in [0.1, 0.15) is 21.6 Å². The second-order valence-electron chi connectivity index (χ2n) is 7.62. The van der Waals surface area contributed by atoms with Crippen LogP contribution in [0.5, 0.6) is 0 Å². The summed E-state index contributed by atoms with van der Waals surface area (Å²) in [6.07, 6.45) is 1.74. The number of hydrogen-bond acceptors (Lipinski definition) is 7. The number of benzene rings is 2. The Bertz CT molecular complexity index is 1560. The van der Waals surface area contributed by atoms with Crippen molar-refractivity contribution in [1.82, 2.24) is 19.5 Å². The van der Waals surface area contributed by atoms with Gasteiger partial charge >= 0.3 is 0 Å². The van der Waals surface area contributed by atoms with Crippen molar-refractivity contribution >= 4 is 39.9 Å². The molecule has 3 aromatic heterocycles. The Morgan fingerprint density at radius 2 is 1.85 bits per heavy atom. The summed E-state index contributed by atoms with van der Waals surface area (Å²) < 4.78 is 1.56. The van der Waals surface area contributed by atoms with Crippen molar-refractivity contribution in [3.63, 3.8) is 0 Å². The van der Waals surface area contributed by atoms with Crippen LogP contribution in [-0.4, -0.2) is 25.4 Å². The van der Waals surface area contributed by atoms with Gasteiger partial charge in [-0.2, -0.15) is 0 Å². The number of thiazole rings is 1. The highest BCUT2D eigenvalue weighted by Gasteiger charge is 2.15. The molecular formula is C25H19N5O2S2. The standard InChI is InChI=1S/C25H19N5O2S2/c1-15-6-11-21(27-12-15)30-24(32)19-4-2-3-5-20(19)29-25(30)34-14-18-13-33-23(28-18)17-9-7-16(8-10-17)22(26)31/h2-13H,14H2,1H3,(H2,26,31). The van der Waals surface area contributed by atoms with E-state index in [1.54, 1.807) is 29.0 Å². The van der Waals surface area contributed by atoms with Crippen LogP contribution in [-0.2, 0) is 5.75 Å². The molecule has 2 aromatic carbocycles. The molecule has 0 aliphatic carbocycles. The van der Waals surface area contributed by atoms with Crippen molar-refractivity contribution in [2.45, 2.75) is 17.8 Å². The van der Waals surface area contributed by atoms with Crippen LogP contribution in [0, 0.1) is 6.92 Å². The molecule has 3 heterocycles. The number of amides is 1. The van der Waals surface area contributed by atoms with E-state index < -0.39 is 5.91 Å². The molecule has 0 saturated carbocycles. The van der Waals surface area contributed by atoms with Crippen molar-refractivity contribution in [3.05, 3.63) is 99.4 Å². The second kappa shape index (κ2) is 9.20. The zero-order valence-electron chi connectivity index (χ0n) is 18.1. The number of nitrogens with zero attached hydrogens (tertiary/aromatic N) is 4. The molecule has 1 amide bonds. The van der Waals surface area contributed by atoms with E-state index in [2.05, 4.69) is 4.98 Å². The van der Waals surface area contributed by atoms with E-state index in [1.807, 2.05) is 54.8 Å². The Kier molecular flexibility index (Phi) is 5.95. The third kappa shape index (κ3) is 4.35. The number of rotatable bonds is 6. The van der Waals surface area contributed by atoms with Crippen molar-refractivity contribution < 1.29 is 4.79 Å². The molecule has 5 aromatic rings. The van der Waals surface area contributed by atoms with Crippen LogP contribution in [0.25, 0.3) is 27.3 Å². The fraction of sp³-hybridized carbons (Fsp3) is 0.0800. The number of pyridine rings is 1. The van der Waals surface area contributed by atoms with Gasteiger partial charge < -0.3 is 5.73 Å². The van der Waals surface area contributed by atoms with Gasteiger partial charge in [-0.05, 0) is 42.8 Å². The Labute approximate surface area is 203 Å². The highest BCUT2D eigenvalue weighted by molar-refractivity contribution is 7.98. The number of nitrogens with two attached hydrogens (primary N) is 1. The van der Waals surface area contributed by atoms with E-state index >= 15 is 0 Å². The maximum Gasteiger partial charge on any atom is 0.267 e. The quantitative estimate of drug-likeness (QED) is 0.278. The number of hydrogen-bond donors (Lipinski definition) is 1. The smallest absolute Gasteiger partial charge is 0.267 e. The maximum atomic E-state index is 13.3. The van der Waals surface area contributed by atoms with Crippen LogP contribution in [0.15, 0.2) is 82.2 Å². The molecule has 0 unspecified atom stereocenters. The summed E-state index contributed by atoms with van der Waals surface area (Å²) >= 11 is 2.96. The Morgan fingerprint density at radius 3 is 2.59 bits per heavy atom. The molecule has 168 valence electrons. The lowest BCUT2D eigenvalue weighted by molar-refractivity contribution is 0.100. The van der Waals surface area contributed by atoms with Crippen LogP contribution < -0.4 is 11.3 Å². The molecule has 0 aliphatic rings. The van der Waals surface area contributed by atoms with E-state index in [9.17, 15) is 9.59 Å². The van der Waals surface area contributed by atoms with Gasteiger partial charge in [-0.15, -0.1) is 11.3 Å². The fourth-order valence-electron chi connectivity index (χ4n) is 3.42. The fourth-order valence-corrected chi connectivity index (χ4v) is 5.25. The minimum Gasteiger partial charge on any atom is -0.366 e. The molecule has 34 heavy (non-hydrogen) atoms. The lowest BCUT2D eigenvalue weighted by Gasteiger charge is -2.12. The monoisotopic (exact) mass is 485 g/mol. The van der Waals surface area contributed by atoms with E-state index in [-0.39, 0.29) is 5.56 Å². The van der Waals surface area contributed by atoms with Crippen molar-refractivity contribution in [1.29, 1.82) is 0 Å². The maximum absolute atomic E-state index is 13.3. The lowest BCUT2D eigenvalue weighted by Crippen LogP contribution is -2.22. The van der Waals surface area contributed by atoms with E-state index in [0.29, 0.717) is 33.2 Å². The molecule has 0 saturated heterocycles. The molecule has 9 heteroatoms. The predicted octanol–water partition coefficient (Wildman–Crippen LogP) is 4.60. The molecule has 0 atom stereocenters. The van der Waals surface area contributed by atoms with Crippen molar-refractivity contribution in [2.75, 3.05) is 0 Å². The molecule has 0 bridgehead atoms. The lowest BCUT2D eigenvalue weighted by atomic mass is 10.1. The molecular weight excluding hydrogens is 466 g/mol. The van der Waals surface area contributed by atoms with Crippen LogP contribution in [0.2, 0.25) is 0 Å². The summed E-state index contributed by atoms with van der Waals surface area (Å²) in [7, 11) is 0. The minimum absolute atomic E-state index is 0.155. The third-order valence-electron chi connectivity index (χ3n) is 5.19. The van der Waals surface area contributed by atoms with Crippen LogP contribution >= 0.6 is 23.1 Å². The summed E-state index contributed by atoms with van der Waals surface area (Å²) in [5, 5.41) is 3.93. The average molecular weight is 486 g/mol. The summed E-state index contributed by atoms with van der Waals surface area (Å²) in [5.74, 6) is 0.608. The number of fused-ring (bicyclic) bond motifs is 1. The molecule has 0 aliphatic heterocycles. The SMILES string of the molecule is Cc1ccc(-n2c(SCc3csc(-c4ccc(C(N)=O)cc4)n3)nc3ccccc3c2=O)nc1. The number of carbonyl (C=O) groups excluding carboxylic acids is 1. The summed E-state index contributed by atoms with van der Waals surface area (Å²) in [6, 6.07) is 18.1. The molecule has 7 nitrogen and oxygen atoms in total. The minimum atomic E-state index is -0.459. The van der Waals surface area contributed by atoms with Gasteiger partial charge in [0.05, 0.1) is 16.6 Å². The molecule has 0 spiro atoms. The van der Waals surface area contributed by atoms with Crippen LogP contribution in [0.4, 0.5) is 0 Å². The Hall–Kier alpha value is -3.82. The van der Waals surface area contributed by atoms with Gasteiger partial charge in [0.1, 0.15) is 10.8 Å². The van der Waals surface area contributed by atoms with Gasteiger partial charge in [0.25, 0.3) is 5.56 Å². The molecule has 0 fully saturated rings. The average Bonchev–Trinajstić information content (AvgIpc) is 3.33. The van der Waals surface area contributed by atoms with Gasteiger partial charge in [0, 0.05) is 28.5 Å². The summed E-state index contributed by atoms with van der Waals surface area (Å²) in [4.78, 5) is 38.6. The normalized spacial score (nSPS) is 11.1. The van der Waals surface area contributed by atoms with E-state index in [1.165, 1.54) is 23.1 Å². The summed E-state index contributed by atoms with van der Waals surface area (Å²) in [6.45, 7) is 1.95. The zero-order valence-corrected chi connectivity index (χ0v) is 19.8.